The lowest BCUT2D eigenvalue weighted by atomic mass is 10.3. The van der Waals surface area contributed by atoms with E-state index in [2.05, 4.69) is 0 Å². The molecule has 0 aromatic rings. The maximum atomic E-state index is 11.5. The molecule has 0 aliphatic carbocycles. The summed E-state index contributed by atoms with van der Waals surface area (Å²) in [6.45, 7) is 2.58. The van der Waals surface area contributed by atoms with Gasteiger partial charge in [0.2, 0.25) is 5.91 Å². The summed E-state index contributed by atoms with van der Waals surface area (Å²) in [6, 6.07) is 0. The molecular formula is C10H21NO4S. The highest BCUT2D eigenvalue weighted by Gasteiger charge is 2.12. The Morgan fingerprint density at radius 3 is 2.38 bits per heavy atom. The van der Waals surface area contributed by atoms with Crippen LogP contribution in [0.5, 0.6) is 0 Å². The molecule has 0 aliphatic heterocycles. The van der Waals surface area contributed by atoms with Gasteiger partial charge in [-0.3, -0.25) is 4.79 Å². The molecule has 6 heteroatoms. The third-order valence-electron chi connectivity index (χ3n) is 2.09. The summed E-state index contributed by atoms with van der Waals surface area (Å²) in [5, 5.41) is 0. The average molecular weight is 251 g/mol. The number of sulfone groups is 1. The Balaban J connectivity index is 3.78. The summed E-state index contributed by atoms with van der Waals surface area (Å²) < 4.78 is 27.9. The van der Waals surface area contributed by atoms with Crippen molar-refractivity contribution in [2.24, 2.45) is 0 Å². The fourth-order valence-electron chi connectivity index (χ4n) is 1.10. The third kappa shape index (κ3) is 7.64. The zero-order valence-electron chi connectivity index (χ0n) is 10.2. The molecule has 0 fully saturated rings. The monoisotopic (exact) mass is 251 g/mol. The van der Waals surface area contributed by atoms with Crippen molar-refractivity contribution in [2.75, 3.05) is 38.8 Å². The van der Waals surface area contributed by atoms with Gasteiger partial charge in [0, 0.05) is 27.1 Å². The number of rotatable bonds is 8. The zero-order chi connectivity index (χ0) is 12.6. The largest absolute Gasteiger partial charge is 0.381 e. The minimum atomic E-state index is -3.07. The molecule has 0 aromatic heterocycles. The highest BCUT2D eigenvalue weighted by molar-refractivity contribution is 7.91. The molecule has 5 nitrogen and oxygen atoms in total. The second-order valence-electron chi connectivity index (χ2n) is 3.74. The minimum absolute atomic E-state index is 0.0387. The van der Waals surface area contributed by atoms with Crippen molar-refractivity contribution in [1.82, 2.24) is 4.90 Å². The Morgan fingerprint density at radius 2 is 1.88 bits per heavy atom. The minimum Gasteiger partial charge on any atom is -0.381 e. The standard InChI is InChI=1S/C10H21NO4S/c1-4-15-7-9-16(13,14)8-5-6-10(12)11(2)3/h4-9H2,1-3H3. The Hall–Kier alpha value is -0.620. The first kappa shape index (κ1) is 15.4. The Labute approximate surface area is 97.7 Å². The van der Waals surface area contributed by atoms with E-state index in [-0.39, 0.29) is 30.4 Å². The van der Waals surface area contributed by atoms with Gasteiger partial charge in [-0.25, -0.2) is 8.42 Å². The molecule has 0 rings (SSSR count). The fourth-order valence-corrected chi connectivity index (χ4v) is 2.26. The lowest BCUT2D eigenvalue weighted by molar-refractivity contribution is -0.128. The molecular weight excluding hydrogens is 230 g/mol. The van der Waals surface area contributed by atoms with Crippen LogP contribution >= 0.6 is 0 Å². The summed E-state index contributed by atoms with van der Waals surface area (Å²) >= 11 is 0. The molecule has 0 aromatic carbocycles. The lowest BCUT2D eigenvalue weighted by Gasteiger charge is -2.09. The van der Waals surface area contributed by atoms with E-state index in [1.165, 1.54) is 4.90 Å². The van der Waals surface area contributed by atoms with E-state index in [1.807, 2.05) is 6.92 Å². The summed E-state index contributed by atoms with van der Waals surface area (Å²) in [5.41, 5.74) is 0. The molecule has 16 heavy (non-hydrogen) atoms. The number of hydrogen-bond donors (Lipinski definition) is 0. The van der Waals surface area contributed by atoms with E-state index in [9.17, 15) is 13.2 Å². The molecule has 0 saturated heterocycles. The molecule has 0 bridgehead atoms. The molecule has 0 spiro atoms. The van der Waals surface area contributed by atoms with Gasteiger partial charge in [-0.2, -0.15) is 0 Å². The molecule has 0 unspecified atom stereocenters. The first-order valence-electron chi connectivity index (χ1n) is 5.37. The summed E-state index contributed by atoms with van der Waals surface area (Å²) in [7, 11) is 0.246. The van der Waals surface area contributed by atoms with E-state index in [1.54, 1.807) is 14.1 Å². The topological polar surface area (TPSA) is 63.7 Å². The number of carbonyl (C=O) groups is 1. The molecule has 0 saturated carbocycles. The van der Waals surface area contributed by atoms with E-state index in [0.29, 0.717) is 13.0 Å². The van der Waals surface area contributed by atoms with Crippen molar-refractivity contribution < 1.29 is 17.9 Å². The van der Waals surface area contributed by atoms with Crippen molar-refractivity contribution in [3.63, 3.8) is 0 Å². The van der Waals surface area contributed by atoms with Crippen molar-refractivity contribution in [3.05, 3.63) is 0 Å². The number of hydrogen-bond acceptors (Lipinski definition) is 4. The molecule has 0 N–H and O–H groups in total. The van der Waals surface area contributed by atoms with E-state index >= 15 is 0 Å². The number of ether oxygens (including phenoxy) is 1. The highest BCUT2D eigenvalue weighted by Crippen LogP contribution is 2.00. The van der Waals surface area contributed by atoms with E-state index in [4.69, 9.17) is 4.74 Å². The van der Waals surface area contributed by atoms with Gasteiger partial charge in [-0.1, -0.05) is 0 Å². The van der Waals surface area contributed by atoms with Crippen LogP contribution in [0.15, 0.2) is 0 Å². The lowest BCUT2D eigenvalue weighted by Crippen LogP contribution is -2.23. The van der Waals surface area contributed by atoms with Gasteiger partial charge < -0.3 is 9.64 Å². The Bertz CT molecular complexity index is 298. The fraction of sp³-hybridized carbons (Fsp3) is 0.900. The predicted molar refractivity (Wildman–Crippen MR) is 63.1 cm³/mol. The van der Waals surface area contributed by atoms with Crippen LogP contribution in [0.3, 0.4) is 0 Å². The molecule has 1 amide bonds. The smallest absolute Gasteiger partial charge is 0.222 e. The first-order valence-corrected chi connectivity index (χ1v) is 7.19. The maximum absolute atomic E-state index is 11.5. The summed E-state index contributed by atoms with van der Waals surface area (Å²) in [6.07, 6.45) is 0.659. The second-order valence-corrected chi connectivity index (χ2v) is 6.04. The van der Waals surface area contributed by atoms with Gasteiger partial charge in [-0.05, 0) is 13.3 Å². The van der Waals surface area contributed by atoms with Gasteiger partial charge in [0.1, 0.15) is 0 Å². The third-order valence-corrected chi connectivity index (χ3v) is 3.79. The van der Waals surface area contributed by atoms with Gasteiger partial charge in [0.05, 0.1) is 18.1 Å². The SMILES string of the molecule is CCOCCS(=O)(=O)CCCC(=O)N(C)C. The van der Waals surface area contributed by atoms with Crippen LogP contribution in [-0.4, -0.2) is 58.0 Å². The van der Waals surface area contributed by atoms with Crippen LogP contribution in [0.2, 0.25) is 0 Å². The van der Waals surface area contributed by atoms with Crippen LogP contribution in [0.25, 0.3) is 0 Å². The molecule has 0 aliphatic rings. The quantitative estimate of drug-likeness (QED) is 0.582. The second kappa shape index (κ2) is 7.62. The van der Waals surface area contributed by atoms with Crippen LogP contribution < -0.4 is 0 Å². The molecule has 96 valence electrons. The summed E-state index contributed by atoms with van der Waals surface area (Å²) in [5.74, 6) is 0.0522. The van der Waals surface area contributed by atoms with E-state index < -0.39 is 9.84 Å². The van der Waals surface area contributed by atoms with Crippen LogP contribution in [0.4, 0.5) is 0 Å². The van der Waals surface area contributed by atoms with Crippen molar-refractivity contribution in [2.45, 2.75) is 19.8 Å². The van der Waals surface area contributed by atoms with Crippen molar-refractivity contribution in [1.29, 1.82) is 0 Å². The van der Waals surface area contributed by atoms with Crippen molar-refractivity contribution >= 4 is 15.7 Å². The van der Waals surface area contributed by atoms with Crippen LogP contribution in [0, 0.1) is 0 Å². The van der Waals surface area contributed by atoms with Gasteiger partial charge in [0.15, 0.2) is 9.84 Å². The number of nitrogens with zero attached hydrogens (tertiary/aromatic N) is 1. The van der Waals surface area contributed by atoms with Gasteiger partial charge in [0.25, 0.3) is 0 Å². The van der Waals surface area contributed by atoms with Crippen molar-refractivity contribution in [3.8, 4) is 0 Å². The molecule has 0 atom stereocenters. The van der Waals surface area contributed by atoms with Crippen LogP contribution in [0.1, 0.15) is 19.8 Å². The number of carbonyl (C=O) groups excluding carboxylic acids is 1. The maximum Gasteiger partial charge on any atom is 0.222 e. The first-order chi connectivity index (χ1) is 7.39. The average Bonchev–Trinajstić information content (AvgIpc) is 2.17. The van der Waals surface area contributed by atoms with Crippen LogP contribution in [-0.2, 0) is 19.4 Å². The highest BCUT2D eigenvalue weighted by atomic mass is 32.2. The summed E-state index contributed by atoms with van der Waals surface area (Å²) in [4.78, 5) is 12.7. The van der Waals surface area contributed by atoms with Gasteiger partial charge in [-0.15, -0.1) is 0 Å². The molecule has 0 heterocycles. The molecule has 0 radical (unpaired) electrons. The van der Waals surface area contributed by atoms with Gasteiger partial charge >= 0.3 is 0 Å². The van der Waals surface area contributed by atoms with E-state index in [0.717, 1.165) is 0 Å². The predicted octanol–water partition coefficient (Wildman–Crippen LogP) is 0.306. The normalized spacial score (nSPS) is 11.4. The zero-order valence-corrected chi connectivity index (χ0v) is 11.0. The Kier molecular flexibility index (Phi) is 7.33. The Morgan fingerprint density at radius 1 is 1.25 bits per heavy atom. The number of amides is 1.